The Morgan fingerprint density at radius 2 is 1.88 bits per heavy atom. The van der Waals surface area contributed by atoms with Crippen LogP contribution in [-0.4, -0.2) is 41.9 Å². The number of aliphatic hydroxyl groups excluding tert-OH is 1. The molecule has 6 heteroatoms. The fourth-order valence-electron chi connectivity index (χ4n) is 1.24. The van der Waals surface area contributed by atoms with Crippen molar-refractivity contribution in [2.75, 3.05) is 19.7 Å². The molecule has 0 aliphatic rings. The van der Waals surface area contributed by atoms with Gasteiger partial charge in [0.1, 0.15) is 0 Å². The van der Waals surface area contributed by atoms with Crippen LogP contribution in [0.25, 0.3) is 0 Å². The summed E-state index contributed by atoms with van der Waals surface area (Å²) in [5.41, 5.74) is 0. The van der Waals surface area contributed by atoms with Gasteiger partial charge in [-0.25, -0.2) is 4.79 Å². The van der Waals surface area contributed by atoms with Gasteiger partial charge in [0.15, 0.2) is 0 Å². The first-order valence-corrected chi connectivity index (χ1v) is 5.81. The summed E-state index contributed by atoms with van der Waals surface area (Å²) in [6, 6.07) is -0.325. The maximum Gasteiger partial charge on any atom is 0.314 e. The molecule has 0 aliphatic carbocycles. The summed E-state index contributed by atoms with van der Waals surface area (Å²) < 4.78 is 0. The van der Waals surface area contributed by atoms with Crippen LogP contribution in [0.15, 0.2) is 0 Å². The van der Waals surface area contributed by atoms with E-state index in [4.69, 9.17) is 10.2 Å². The van der Waals surface area contributed by atoms with Gasteiger partial charge in [0, 0.05) is 32.0 Å². The van der Waals surface area contributed by atoms with E-state index >= 15 is 0 Å². The van der Waals surface area contributed by atoms with Gasteiger partial charge in [-0.1, -0.05) is 13.8 Å². The third kappa shape index (κ3) is 8.50. The number of carboxylic acids is 1. The van der Waals surface area contributed by atoms with Gasteiger partial charge in [-0.3, -0.25) is 4.79 Å². The van der Waals surface area contributed by atoms with E-state index in [-0.39, 0.29) is 25.0 Å². The van der Waals surface area contributed by atoms with Crippen LogP contribution >= 0.6 is 0 Å². The molecular weight excluding hydrogens is 224 g/mol. The second kappa shape index (κ2) is 8.81. The number of hydrogen-bond acceptors (Lipinski definition) is 3. The smallest absolute Gasteiger partial charge is 0.314 e. The highest BCUT2D eigenvalue weighted by Gasteiger charge is 2.12. The fourth-order valence-corrected chi connectivity index (χ4v) is 1.24. The van der Waals surface area contributed by atoms with E-state index in [1.807, 2.05) is 13.8 Å². The zero-order valence-electron chi connectivity index (χ0n) is 10.4. The second-order valence-corrected chi connectivity index (χ2v) is 4.32. The van der Waals surface area contributed by atoms with E-state index in [0.717, 1.165) is 0 Å². The molecule has 0 fully saturated rings. The number of rotatable bonds is 8. The number of carboxylic acid groups (broad SMARTS) is 1. The zero-order chi connectivity index (χ0) is 13.3. The highest BCUT2D eigenvalue weighted by Crippen LogP contribution is 2.07. The van der Waals surface area contributed by atoms with Crippen molar-refractivity contribution in [3.8, 4) is 0 Å². The lowest BCUT2D eigenvalue weighted by Gasteiger charge is -2.18. The van der Waals surface area contributed by atoms with E-state index in [0.29, 0.717) is 25.4 Å². The summed E-state index contributed by atoms with van der Waals surface area (Å²) >= 11 is 0. The Morgan fingerprint density at radius 1 is 1.24 bits per heavy atom. The van der Waals surface area contributed by atoms with Crippen molar-refractivity contribution in [2.24, 2.45) is 11.8 Å². The molecular formula is C11H22N2O4. The third-order valence-corrected chi connectivity index (χ3v) is 2.56. The van der Waals surface area contributed by atoms with Crippen LogP contribution in [0.3, 0.4) is 0 Å². The number of carbonyl (C=O) groups is 2. The molecule has 0 saturated carbocycles. The predicted molar refractivity (Wildman–Crippen MR) is 63.7 cm³/mol. The average Bonchev–Trinajstić information content (AvgIpc) is 2.24. The molecule has 0 spiro atoms. The fraction of sp³-hybridized carbons (Fsp3) is 0.818. The van der Waals surface area contributed by atoms with Crippen LogP contribution in [0.1, 0.15) is 26.7 Å². The van der Waals surface area contributed by atoms with Crippen LogP contribution < -0.4 is 10.6 Å². The normalized spacial score (nSPS) is 12.2. The molecule has 6 nitrogen and oxygen atoms in total. The van der Waals surface area contributed by atoms with E-state index in [1.165, 1.54) is 0 Å². The van der Waals surface area contributed by atoms with E-state index < -0.39 is 5.97 Å². The van der Waals surface area contributed by atoms with Gasteiger partial charge in [0.05, 0.1) is 0 Å². The minimum Gasteiger partial charge on any atom is -0.481 e. The van der Waals surface area contributed by atoms with E-state index in [9.17, 15) is 9.59 Å². The second-order valence-electron chi connectivity index (χ2n) is 4.32. The van der Waals surface area contributed by atoms with Crippen molar-refractivity contribution < 1.29 is 19.8 Å². The highest BCUT2D eigenvalue weighted by atomic mass is 16.4. The quantitative estimate of drug-likeness (QED) is 0.466. The number of aliphatic hydroxyl groups is 1. The summed E-state index contributed by atoms with van der Waals surface area (Å²) in [5, 5.41) is 22.6. The van der Waals surface area contributed by atoms with Crippen molar-refractivity contribution in [2.45, 2.75) is 26.7 Å². The molecule has 0 saturated heterocycles. The number of carbonyl (C=O) groups excluding carboxylic acids is 1. The van der Waals surface area contributed by atoms with Crippen LogP contribution in [-0.2, 0) is 4.79 Å². The van der Waals surface area contributed by atoms with Crippen LogP contribution in [0.2, 0.25) is 0 Å². The number of aliphatic carboxylic acids is 1. The maximum absolute atomic E-state index is 11.3. The molecule has 0 aliphatic heterocycles. The van der Waals surface area contributed by atoms with Gasteiger partial charge < -0.3 is 20.8 Å². The van der Waals surface area contributed by atoms with Crippen molar-refractivity contribution in [3.05, 3.63) is 0 Å². The van der Waals surface area contributed by atoms with Gasteiger partial charge in [-0.05, 0) is 12.3 Å². The Balaban J connectivity index is 3.61. The number of nitrogens with one attached hydrogen (secondary N) is 2. The van der Waals surface area contributed by atoms with Gasteiger partial charge in [-0.2, -0.15) is 0 Å². The van der Waals surface area contributed by atoms with E-state index in [2.05, 4.69) is 10.6 Å². The highest BCUT2D eigenvalue weighted by molar-refractivity contribution is 5.73. The van der Waals surface area contributed by atoms with Gasteiger partial charge in [0.25, 0.3) is 0 Å². The zero-order valence-corrected chi connectivity index (χ0v) is 10.4. The molecule has 4 N–H and O–H groups in total. The lowest BCUT2D eigenvalue weighted by atomic mass is 9.97. The minimum atomic E-state index is -0.868. The first kappa shape index (κ1) is 15.7. The Kier molecular flexibility index (Phi) is 8.13. The van der Waals surface area contributed by atoms with Crippen molar-refractivity contribution in [3.63, 3.8) is 0 Å². The maximum atomic E-state index is 11.3. The summed E-state index contributed by atoms with van der Waals surface area (Å²) in [4.78, 5) is 21.5. The Hall–Kier alpha value is -1.30. The molecule has 1 atom stereocenters. The Bertz CT molecular complexity index is 244. The third-order valence-electron chi connectivity index (χ3n) is 2.56. The molecule has 0 radical (unpaired) electrons. The monoisotopic (exact) mass is 246 g/mol. The lowest BCUT2D eigenvalue weighted by molar-refractivity contribution is -0.137. The summed E-state index contributed by atoms with van der Waals surface area (Å²) in [6.07, 6.45) is 0.460. The topological polar surface area (TPSA) is 98.7 Å². The molecule has 17 heavy (non-hydrogen) atoms. The largest absolute Gasteiger partial charge is 0.481 e. The molecule has 0 bridgehead atoms. The van der Waals surface area contributed by atoms with Gasteiger partial charge in [0.2, 0.25) is 0 Å². The summed E-state index contributed by atoms with van der Waals surface area (Å²) in [5.74, 6) is -0.528. The molecule has 0 rings (SSSR count). The van der Waals surface area contributed by atoms with E-state index in [1.54, 1.807) is 0 Å². The Morgan fingerprint density at radius 3 is 2.35 bits per heavy atom. The SMILES string of the molecule is CC(C)C(CO)CNC(=O)NCCCC(=O)O. The summed E-state index contributed by atoms with van der Waals surface area (Å²) in [6.45, 7) is 4.75. The molecule has 0 heterocycles. The van der Waals surface area contributed by atoms with Crippen LogP contribution in [0.4, 0.5) is 4.79 Å². The number of urea groups is 1. The first-order valence-electron chi connectivity index (χ1n) is 5.81. The number of hydrogen-bond donors (Lipinski definition) is 4. The molecule has 2 amide bonds. The molecule has 1 unspecified atom stereocenters. The lowest BCUT2D eigenvalue weighted by Crippen LogP contribution is -2.40. The number of amides is 2. The minimum absolute atomic E-state index is 0.0387. The molecule has 0 aromatic heterocycles. The van der Waals surface area contributed by atoms with Crippen molar-refractivity contribution in [1.82, 2.24) is 10.6 Å². The van der Waals surface area contributed by atoms with Crippen LogP contribution in [0.5, 0.6) is 0 Å². The van der Waals surface area contributed by atoms with Gasteiger partial charge in [-0.15, -0.1) is 0 Å². The Labute approximate surface area is 101 Å². The molecule has 0 aromatic rings. The molecule has 100 valence electrons. The standard InChI is InChI=1S/C11H22N2O4/c1-8(2)9(7-14)6-13-11(17)12-5-3-4-10(15)16/h8-9,14H,3-7H2,1-2H3,(H,15,16)(H2,12,13,17). The average molecular weight is 246 g/mol. The van der Waals surface area contributed by atoms with Crippen molar-refractivity contribution in [1.29, 1.82) is 0 Å². The first-order chi connectivity index (χ1) is 7.97. The van der Waals surface area contributed by atoms with Crippen LogP contribution in [0, 0.1) is 11.8 Å². The summed E-state index contributed by atoms with van der Waals surface area (Å²) in [7, 11) is 0. The van der Waals surface area contributed by atoms with Gasteiger partial charge >= 0.3 is 12.0 Å². The molecule has 0 aromatic carbocycles. The van der Waals surface area contributed by atoms with Crippen molar-refractivity contribution >= 4 is 12.0 Å². The predicted octanol–water partition coefficient (Wildman–Crippen LogP) is 0.415.